The van der Waals surface area contributed by atoms with Crippen molar-refractivity contribution in [3.05, 3.63) is 42.2 Å². The molecule has 1 aromatic carbocycles. The van der Waals surface area contributed by atoms with Gasteiger partial charge in [-0.05, 0) is 30.9 Å². The third-order valence-electron chi connectivity index (χ3n) is 4.73. The van der Waals surface area contributed by atoms with E-state index < -0.39 is 11.8 Å². The average Bonchev–Trinajstić information content (AvgIpc) is 3.14. The molecule has 2 heterocycles. The maximum atomic E-state index is 13.8. The quantitative estimate of drug-likeness (QED) is 0.726. The number of halogens is 1. The maximum absolute atomic E-state index is 13.8. The van der Waals surface area contributed by atoms with Crippen LogP contribution in [0, 0.1) is 11.7 Å². The zero-order valence-corrected chi connectivity index (χ0v) is 15.3. The van der Waals surface area contributed by atoms with Gasteiger partial charge in [0.05, 0.1) is 18.2 Å². The van der Waals surface area contributed by atoms with Crippen LogP contribution in [0.25, 0.3) is 11.3 Å². The van der Waals surface area contributed by atoms with Gasteiger partial charge < -0.3 is 14.1 Å². The fourth-order valence-corrected chi connectivity index (χ4v) is 2.98. The Labute approximate surface area is 157 Å². The fourth-order valence-electron chi connectivity index (χ4n) is 2.98. The molecule has 0 aliphatic carbocycles. The summed E-state index contributed by atoms with van der Waals surface area (Å²) in [6.45, 7) is 3.36. The molecule has 0 radical (unpaired) electrons. The van der Waals surface area contributed by atoms with Gasteiger partial charge in [-0.15, -0.1) is 0 Å². The van der Waals surface area contributed by atoms with Crippen molar-refractivity contribution in [2.24, 2.45) is 5.92 Å². The number of hydrogen-bond acceptors (Lipinski definition) is 5. The third kappa shape index (κ3) is 5.15. The van der Waals surface area contributed by atoms with E-state index in [0.717, 1.165) is 12.8 Å². The highest BCUT2D eigenvalue weighted by Crippen LogP contribution is 2.23. The van der Waals surface area contributed by atoms with E-state index in [4.69, 9.17) is 9.15 Å². The number of amides is 1. The van der Waals surface area contributed by atoms with E-state index in [1.54, 1.807) is 23.1 Å². The molecule has 1 amide bonds. The molecule has 1 aromatic heterocycles. The van der Waals surface area contributed by atoms with Gasteiger partial charge in [0.25, 0.3) is 5.91 Å². The molecule has 6 nitrogen and oxygen atoms in total. The molecule has 27 heavy (non-hydrogen) atoms. The molecule has 1 saturated heterocycles. The van der Waals surface area contributed by atoms with Crippen LogP contribution < -0.4 is 0 Å². The first-order valence-corrected chi connectivity index (χ1v) is 9.16. The number of aryl methyl sites for hydroxylation is 1. The first kappa shape index (κ1) is 19.1. The predicted molar refractivity (Wildman–Crippen MR) is 96.2 cm³/mol. The molecule has 3 rings (SSSR count). The van der Waals surface area contributed by atoms with E-state index in [1.807, 2.05) is 0 Å². The summed E-state index contributed by atoms with van der Waals surface area (Å²) >= 11 is 0. The van der Waals surface area contributed by atoms with E-state index in [1.165, 1.54) is 12.3 Å². The Hall–Kier alpha value is -2.70. The number of carbonyl (C=O) groups is 2. The van der Waals surface area contributed by atoms with Gasteiger partial charge in [0.2, 0.25) is 0 Å². The smallest absolute Gasteiger partial charge is 0.306 e. The Balaban J connectivity index is 1.43. The van der Waals surface area contributed by atoms with Crippen molar-refractivity contribution >= 4 is 11.9 Å². The topological polar surface area (TPSA) is 72.6 Å². The summed E-state index contributed by atoms with van der Waals surface area (Å²) in [6.07, 6.45) is 3.66. The number of nitrogens with zero attached hydrogens (tertiary/aromatic N) is 2. The Morgan fingerprint density at radius 2 is 2.04 bits per heavy atom. The van der Waals surface area contributed by atoms with Crippen LogP contribution in [0.5, 0.6) is 0 Å². The van der Waals surface area contributed by atoms with Crippen molar-refractivity contribution in [2.45, 2.75) is 32.6 Å². The van der Waals surface area contributed by atoms with Crippen LogP contribution >= 0.6 is 0 Å². The molecule has 7 heteroatoms. The normalized spacial score (nSPS) is 15.0. The maximum Gasteiger partial charge on any atom is 0.306 e. The van der Waals surface area contributed by atoms with Gasteiger partial charge in [0.1, 0.15) is 5.82 Å². The van der Waals surface area contributed by atoms with E-state index in [-0.39, 0.29) is 25.4 Å². The number of esters is 1. The van der Waals surface area contributed by atoms with Gasteiger partial charge in [0.15, 0.2) is 18.3 Å². The fraction of sp³-hybridized carbons (Fsp3) is 0.450. The number of hydrogen-bond donors (Lipinski definition) is 0. The van der Waals surface area contributed by atoms with Crippen LogP contribution in [0.4, 0.5) is 4.39 Å². The first-order valence-electron chi connectivity index (χ1n) is 9.16. The van der Waals surface area contributed by atoms with Crippen LogP contribution in [0.2, 0.25) is 0 Å². The number of likely N-dealkylation sites (tertiary alicyclic amines) is 1. The van der Waals surface area contributed by atoms with Crippen molar-refractivity contribution in [1.29, 1.82) is 0 Å². The lowest BCUT2D eigenvalue weighted by Gasteiger charge is -2.30. The Kier molecular flexibility index (Phi) is 6.21. The molecule has 0 saturated carbocycles. The summed E-state index contributed by atoms with van der Waals surface area (Å²) in [7, 11) is 0. The summed E-state index contributed by atoms with van der Waals surface area (Å²) in [5, 5.41) is 0. The zero-order valence-electron chi connectivity index (χ0n) is 15.3. The second kappa shape index (κ2) is 8.79. The third-order valence-corrected chi connectivity index (χ3v) is 4.73. The van der Waals surface area contributed by atoms with Gasteiger partial charge in [-0.1, -0.05) is 19.1 Å². The number of ether oxygens (including phenoxy) is 1. The lowest BCUT2D eigenvalue weighted by atomic mass is 9.99. The highest BCUT2D eigenvalue weighted by Gasteiger charge is 2.21. The van der Waals surface area contributed by atoms with Crippen molar-refractivity contribution < 1.29 is 23.1 Å². The molecule has 0 unspecified atom stereocenters. The summed E-state index contributed by atoms with van der Waals surface area (Å²) in [4.78, 5) is 29.7. The minimum absolute atomic E-state index is 0.0432. The van der Waals surface area contributed by atoms with E-state index in [9.17, 15) is 14.0 Å². The van der Waals surface area contributed by atoms with Gasteiger partial charge in [-0.3, -0.25) is 9.59 Å². The predicted octanol–water partition coefficient (Wildman–Crippen LogP) is 3.22. The average molecular weight is 374 g/mol. The van der Waals surface area contributed by atoms with Gasteiger partial charge in [-0.25, -0.2) is 9.37 Å². The molecule has 0 bridgehead atoms. The van der Waals surface area contributed by atoms with Crippen LogP contribution in [0.3, 0.4) is 0 Å². The summed E-state index contributed by atoms with van der Waals surface area (Å²) in [5.74, 6) is 0.219. The van der Waals surface area contributed by atoms with E-state index >= 15 is 0 Å². The van der Waals surface area contributed by atoms with E-state index in [2.05, 4.69) is 11.9 Å². The zero-order chi connectivity index (χ0) is 19.2. The number of benzene rings is 1. The molecule has 2 aromatic rings. The van der Waals surface area contributed by atoms with Crippen molar-refractivity contribution in [2.75, 3.05) is 19.7 Å². The Morgan fingerprint density at radius 1 is 1.30 bits per heavy atom. The van der Waals surface area contributed by atoms with Crippen LogP contribution in [-0.4, -0.2) is 41.5 Å². The second-order valence-corrected chi connectivity index (χ2v) is 6.82. The monoisotopic (exact) mass is 374 g/mol. The molecule has 144 valence electrons. The van der Waals surface area contributed by atoms with Gasteiger partial charge in [-0.2, -0.15) is 0 Å². The summed E-state index contributed by atoms with van der Waals surface area (Å²) < 4.78 is 24.3. The van der Waals surface area contributed by atoms with Crippen LogP contribution in [0.15, 0.2) is 34.9 Å². The highest BCUT2D eigenvalue weighted by atomic mass is 19.1. The molecule has 0 spiro atoms. The molecule has 1 fully saturated rings. The van der Waals surface area contributed by atoms with Crippen LogP contribution in [0.1, 0.15) is 32.1 Å². The van der Waals surface area contributed by atoms with E-state index in [0.29, 0.717) is 36.2 Å². The van der Waals surface area contributed by atoms with Gasteiger partial charge in [0, 0.05) is 19.5 Å². The minimum atomic E-state index is -0.487. The van der Waals surface area contributed by atoms with Crippen LogP contribution in [-0.2, 0) is 20.7 Å². The lowest BCUT2D eigenvalue weighted by molar-refractivity contribution is -0.152. The minimum Gasteiger partial charge on any atom is -0.456 e. The standard InChI is InChI=1S/C20H23FN2O4/c1-14-8-10-23(11-9-14)19(24)13-26-20(25)7-6-18-22-12-17(27-18)15-4-2-3-5-16(15)21/h2-5,12,14H,6-11,13H2,1H3. The molecule has 0 atom stereocenters. The van der Waals surface area contributed by atoms with Crippen molar-refractivity contribution in [1.82, 2.24) is 9.88 Å². The Morgan fingerprint density at radius 3 is 2.78 bits per heavy atom. The van der Waals surface area contributed by atoms with Crippen molar-refractivity contribution in [3.8, 4) is 11.3 Å². The van der Waals surface area contributed by atoms with Crippen molar-refractivity contribution in [3.63, 3.8) is 0 Å². The summed E-state index contributed by atoms with van der Waals surface area (Å²) in [6, 6.07) is 6.24. The molecular formula is C20H23FN2O4. The second-order valence-electron chi connectivity index (χ2n) is 6.82. The largest absolute Gasteiger partial charge is 0.456 e. The molecular weight excluding hydrogens is 351 g/mol. The molecule has 1 aliphatic heterocycles. The highest BCUT2D eigenvalue weighted by molar-refractivity contribution is 5.80. The lowest BCUT2D eigenvalue weighted by Crippen LogP contribution is -2.40. The first-order chi connectivity index (χ1) is 13.0. The number of piperidine rings is 1. The Bertz CT molecular complexity index is 797. The number of oxazole rings is 1. The number of aromatic nitrogens is 1. The number of carbonyl (C=O) groups excluding carboxylic acids is 2. The SMILES string of the molecule is CC1CCN(C(=O)COC(=O)CCc2ncc(-c3ccccc3F)o2)CC1. The molecule has 1 aliphatic rings. The molecule has 0 N–H and O–H groups in total. The van der Waals surface area contributed by atoms with Gasteiger partial charge >= 0.3 is 5.97 Å². The summed E-state index contributed by atoms with van der Waals surface area (Å²) in [5.41, 5.74) is 0.320. The number of rotatable bonds is 6.